The molecule has 0 saturated heterocycles. The van der Waals surface area contributed by atoms with Crippen molar-refractivity contribution in [1.82, 2.24) is 0 Å². The zero-order valence-corrected chi connectivity index (χ0v) is 8.54. The molecule has 0 aliphatic heterocycles. The van der Waals surface area contributed by atoms with Crippen molar-refractivity contribution in [3.63, 3.8) is 0 Å². The number of rotatable bonds is 1. The van der Waals surface area contributed by atoms with Crippen molar-refractivity contribution in [3.05, 3.63) is 34.4 Å². The third kappa shape index (κ3) is 1.65. The van der Waals surface area contributed by atoms with Gasteiger partial charge in [0, 0.05) is 12.0 Å². The highest BCUT2D eigenvalue weighted by Gasteiger charge is 2.22. The summed E-state index contributed by atoms with van der Waals surface area (Å²) in [6.07, 6.45) is 1.99. The van der Waals surface area contributed by atoms with E-state index in [1.165, 1.54) is 0 Å². The Bertz CT molecular complexity index is 429. The molecule has 0 amide bonds. The van der Waals surface area contributed by atoms with Crippen molar-refractivity contribution in [1.29, 1.82) is 0 Å². The van der Waals surface area contributed by atoms with Crippen LogP contribution in [0.4, 0.5) is 0 Å². The maximum Gasteiger partial charge on any atom is 0.335 e. The van der Waals surface area contributed by atoms with E-state index in [-0.39, 0.29) is 11.3 Å². The third-order valence-corrected chi connectivity index (χ3v) is 2.76. The van der Waals surface area contributed by atoms with Gasteiger partial charge in [0.25, 0.3) is 0 Å². The molecule has 1 aliphatic rings. The summed E-state index contributed by atoms with van der Waals surface area (Å²) in [5.41, 5.74) is 2.45. The molecule has 0 heterocycles. The molecule has 0 unspecified atom stereocenters. The van der Waals surface area contributed by atoms with Gasteiger partial charge < -0.3 is 5.11 Å². The smallest absolute Gasteiger partial charge is 0.335 e. The number of carboxylic acid groups (broad SMARTS) is 1. The van der Waals surface area contributed by atoms with Gasteiger partial charge in [-0.15, -0.1) is 0 Å². The number of carboxylic acids is 1. The number of carbonyl (C=O) groups is 2. The van der Waals surface area contributed by atoms with Gasteiger partial charge in [-0.25, -0.2) is 4.79 Å². The molecule has 3 heteroatoms. The summed E-state index contributed by atoms with van der Waals surface area (Å²) >= 11 is 0. The van der Waals surface area contributed by atoms with Gasteiger partial charge in [-0.2, -0.15) is 0 Å². The molecule has 2 rings (SSSR count). The van der Waals surface area contributed by atoms with Crippen LogP contribution in [0, 0.1) is 6.92 Å². The SMILES string of the molecule is Cc1cc(C(=O)O)c2c(c1)C(=O)CCC2. The Morgan fingerprint density at radius 1 is 1.33 bits per heavy atom. The minimum Gasteiger partial charge on any atom is -0.478 e. The fourth-order valence-corrected chi connectivity index (χ4v) is 2.09. The van der Waals surface area contributed by atoms with Crippen LogP contribution in [0.1, 0.15) is 44.7 Å². The Hall–Kier alpha value is -1.64. The second-order valence-corrected chi connectivity index (χ2v) is 3.92. The molecule has 0 bridgehead atoms. The Balaban J connectivity index is 2.67. The molecule has 1 aromatic carbocycles. The maximum atomic E-state index is 11.6. The first-order chi connectivity index (χ1) is 7.09. The average molecular weight is 204 g/mol. The zero-order chi connectivity index (χ0) is 11.0. The van der Waals surface area contributed by atoms with Crippen molar-refractivity contribution >= 4 is 11.8 Å². The molecule has 0 spiro atoms. The summed E-state index contributed by atoms with van der Waals surface area (Å²) in [6, 6.07) is 3.43. The van der Waals surface area contributed by atoms with E-state index in [2.05, 4.69) is 0 Å². The topological polar surface area (TPSA) is 54.4 Å². The van der Waals surface area contributed by atoms with Gasteiger partial charge in [0.1, 0.15) is 0 Å². The Labute approximate surface area is 87.7 Å². The predicted octanol–water partition coefficient (Wildman–Crippen LogP) is 2.21. The molecule has 1 aliphatic carbocycles. The van der Waals surface area contributed by atoms with Crippen molar-refractivity contribution in [3.8, 4) is 0 Å². The van der Waals surface area contributed by atoms with Crippen molar-refractivity contribution < 1.29 is 14.7 Å². The molecule has 1 aromatic rings. The van der Waals surface area contributed by atoms with Crippen LogP contribution in [0.25, 0.3) is 0 Å². The van der Waals surface area contributed by atoms with Gasteiger partial charge in [0.15, 0.2) is 5.78 Å². The standard InChI is InChI=1S/C12H12O3/c1-7-5-9-8(3-2-4-11(9)13)10(6-7)12(14)15/h5-6H,2-4H2,1H3,(H,14,15). The van der Waals surface area contributed by atoms with Crippen LogP contribution in [-0.4, -0.2) is 16.9 Å². The van der Waals surface area contributed by atoms with Crippen LogP contribution in [0.2, 0.25) is 0 Å². The van der Waals surface area contributed by atoms with Crippen molar-refractivity contribution in [2.24, 2.45) is 0 Å². The highest BCUT2D eigenvalue weighted by Crippen LogP contribution is 2.26. The normalized spacial score (nSPS) is 14.9. The fraction of sp³-hybridized carbons (Fsp3) is 0.333. The van der Waals surface area contributed by atoms with Gasteiger partial charge in [0.2, 0.25) is 0 Å². The molecule has 0 atom stereocenters. The molecule has 0 aromatic heterocycles. The molecular formula is C12H12O3. The molecule has 1 N–H and O–H groups in total. The Kier molecular flexibility index (Phi) is 2.31. The first-order valence-electron chi connectivity index (χ1n) is 4.99. The highest BCUT2D eigenvalue weighted by molar-refractivity contribution is 6.02. The van der Waals surface area contributed by atoms with Gasteiger partial charge >= 0.3 is 5.97 Å². The lowest BCUT2D eigenvalue weighted by atomic mass is 9.86. The van der Waals surface area contributed by atoms with E-state index in [0.29, 0.717) is 24.0 Å². The molecule has 78 valence electrons. The van der Waals surface area contributed by atoms with Crippen molar-refractivity contribution in [2.45, 2.75) is 26.2 Å². The largest absolute Gasteiger partial charge is 0.478 e. The third-order valence-electron chi connectivity index (χ3n) is 2.76. The predicted molar refractivity (Wildman–Crippen MR) is 55.4 cm³/mol. The quantitative estimate of drug-likeness (QED) is 0.763. The molecular weight excluding hydrogens is 192 g/mol. The lowest BCUT2D eigenvalue weighted by molar-refractivity contribution is 0.0695. The van der Waals surface area contributed by atoms with E-state index in [0.717, 1.165) is 12.0 Å². The molecule has 0 saturated carbocycles. The van der Waals surface area contributed by atoms with E-state index >= 15 is 0 Å². The van der Waals surface area contributed by atoms with Crippen LogP contribution in [0.3, 0.4) is 0 Å². The van der Waals surface area contributed by atoms with Gasteiger partial charge in [-0.3, -0.25) is 4.79 Å². The second-order valence-electron chi connectivity index (χ2n) is 3.92. The van der Waals surface area contributed by atoms with Crippen LogP contribution in [-0.2, 0) is 6.42 Å². The van der Waals surface area contributed by atoms with E-state index in [9.17, 15) is 9.59 Å². The number of hydrogen-bond acceptors (Lipinski definition) is 2. The lowest BCUT2D eigenvalue weighted by Crippen LogP contribution is -2.15. The van der Waals surface area contributed by atoms with E-state index in [1.807, 2.05) is 6.92 Å². The summed E-state index contributed by atoms with van der Waals surface area (Å²) in [5.74, 6) is -0.868. The number of Topliss-reactive ketones (excluding diaryl/α,β-unsaturated/α-hetero) is 1. The van der Waals surface area contributed by atoms with Gasteiger partial charge in [0.05, 0.1) is 5.56 Å². The van der Waals surface area contributed by atoms with Crippen molar-refractivity contribution in [2.75, 3.05) is 0 Å². The number of fused-ring (bicyclic) bond motifs is 1. The average Bonchev–Trinajstić information content (AvgIpc) is 2.18. The minimum atomic E-state index is -0.940. The number of benzene rings is 1. The Morgan fingerprint density at radius 2 is 2.07 bits per heavy atom. The molecule has 0 fully saturated rings. The monoisotopic (exact) mass is 204 g/mol. The first-order valence-corrected chi connectivity index (χ1v) is 4.99. The summed E-state index contributed by atoms with van der Waals surface area (Å²) in [5, 5.41) is 9.04. The summed E-state index contributed by atoms with van der Waals surface area (Å²) < 4.78 is 0. The second kappa shape index (κ2) is 3.50. The van der Waals surface area contributed by atoms with Crippen LogP contribution >= 0.6 is 0 Å². The van der Waals surface area contributed by atoms with Crippen LogP contribution in [0.15, 0.2) is 12.1 Å². The minimum absolute atomic E-state index is 0.0717. The van der Waals surface area contributed by atoms with E-state index in [4.69, 9.17) is 5.11 Å². The van der Waals surface area contributed by atoms with Gasteiger partial charge in [-0.1, -0.05) is 0 Å². The number of ketones is 1. The zero-order valence-electron chi connectivity index (χ0n) is 8.54. The summed E-state index contributed by atoms with van der Waals surface area (Å²) in [7, 11) is 0. The fourth-order valence-electron chi connectivity index (χ4n) is 2.09. The number of aromatic carboxylic acids is 1. The van der Waals surface area contributed by atoms with Crippen LogP contribution in [0.5, 0.6) is 0 Å². The number of hydrogen-bond donors (Lipinski definition) is 1. The number of carbonyl (C=O) groups excluding carboxylic acids is 1. The van der Waals surface area contributed by atoms with Gasteiger partial charge in [-0.05, 0) is 43.0 Å². The molecule has 15 heavy (non-hydrogen) atoms. The molecule has 0 radical (unpaired) electrons. The number of aryl methyl sites for hydroxylation is 1. The lowest BCUT2D eigenvalue weighted by Gasteiger charge is -2.17. The molecule has 3 nitrogen and oxygen atoms in total. The maximum absolute atomic E-state index is 11.6. The van der Waals surface area contributed by atoms with Crippen LogP contribution < -0.4 is 0 Å². The highest BCUT2D eigenvalue weighted by atomic mass is 16.4. The Morgan fingerprint density at radius 3 is 2.73 bits per heavy atom. The summed E-state index contributed by atoms with van der Waals surface area (Å²) in [6.45, 7) is 1.81. The first kappa shape index (κ1) is 9.90. The van der Waals surface area contributed by atoms with E-state index < -0.39 is 5.97 Å². The summed E-state index contributed by atoms with van der Waals surface area (Å²) in [4.78, 5) is 22.6. The van der Waals surface area contributed by atoms with E-state index in [1.54, 1.807) is 12.1 Å².